The molecule has 1 saturated carbocycles. The fraction of sp³-hybridized carbons (Fsp3) is 0.692. The van der Waals surface area contributed by atoms with Crippen LogP contribution in [0.25, 0.3) is 0 Å². The van der Waals surface area contributed by atoms with Gasteiger partial charge in [-0.25, -0.2) is 0 Å². The van der Waals surface area contributed by atoms with Crippen molar-refractivity contribution in [2.75, 3.05) is 13.6 Å². The Morgan fingerprint density at radius 2 is 2.19 bits per heavy atom. The SMILES string of the molecule is CN(Cc1occc1CN)CC1CCCC1. The van der Waals surface area contributed by atoms with E-state index in [-0.39, 0.29) is 0 Å². The Labute approximate surface area is 97.6 Å². The molecule has 16 heavy (non-hydrogen) atoms. The molecule has 1 heterocycles. The smallest absolute Gasteiger partial charge is 0.122 e. The molecule has 0 radical (unpaired) electrons. The van der Waals surface area contributed by atoms with E-state index in [1.54, 1.807) is 6.26 Å². The van der Waals surface area contributed by atoms with E-state index in [1.807, 2.05) is 6.07 Å². The van der Waals surface area contributed by atoms with Crippen molar-refractivity contribution in [2.24, 2.45) is 11.7 Å². The van der Waals surface area contributed by atoms with Crippen LogP contribution in [0.1, 0.15) is 37.0 Å². The molecule has 0 amide bonds. The zero-order valence-corrected chi connectivity index (χ0v) is 10.1. The zero-order valence-electron chi connectivity index (χ0n) is 10.1. The molecule has 3 nitrogen and oxygen atoms in total. The molecule has 0 spiro atoms. The molecule has 1 aliphatic rings. The first-order valence-corrected chi connectivity index (χ1v) is 6.23. The van der Waals surface area contributed by atoms with Crippen molar-refractivity contribution >= 4 is 0 Å². The lowest BCUT2D eigenvalue weighted by Gasteiger charge is -2.20. The Morgan fingerprint density at radius 1 is 1.44 bits per heavy atom. The van der Waals surface area contributed by atoms with E-state index < -0.39 is 0 Å². The summed E-state index contributed by atoms with van der Waals surface area (Å²) in [5.41, 5.74) is 6.79. The highest BCUT2D eigenvalue weighted by Gasteiger charge is 2.17. The number of hydrogen-bond acceptors (Lipinski definition) is 3. The van der Waals surface area contributed by atoms with Gasteiger partial charge < -0.3 is 10.2 Å². The average Bonchev–Trinajstić information content (AvgIpc) is 2.88. The van der Waals surface area contributed by atoms with Crippen molar-refractivity contribution in [1.29, 1.82) is 0 Å². The quantitative estimate of drug-likeness (QED) is 0.831. The van der Waals surface area contributed by atoms with Crippen LogP contribution >= 0.6 is 0 Å². The maximum absolute atomic E-state index is 5.66. The van der Waals surface area contributed by atoms with Crippen LogP contribution in [0.4, 0.5) is 0 Å². The molecule has 0 atom stereocenters. The van der Waals surface area contributed by atoms with Gasteiger partial charge in [-0.2, -0.15) is 0 Å². The number of rotatable bonds is 5. The highest BCUT2D eigenvalue weighted by atomic mass is 16.3. The summed E-state index contributed by atoms with van der Waals surface area (Å²) in [5.74, 6) is 1.92. The summed E-state index contributed by atoms with van der Waals surface area (Å²) in [5, 5.41) is 0. The van der Waals surface area contributed by atoms with Crippen molar-refractivity contribution in [3.05, 3.63) is 23.7 Å². The van der Waals surface area contributed by atoms with Crippen LogP contribution in [-0.4, -0.2) is 18.5 Å². The van der Waals surface area contributed by atoms with Gasteiger partial charge in [-0.05, 0) is 31.9 Å². The van der Waals surface area contributed by atoms with E-state index in [2.05, 4.69) is 11.9 Å². The lowest BCUT2D eigenvalue weighted by atomic mass is 10.1. The maximum Gasteiger partial charge on any atom is 0.122 e. The third-order valence-corrected chi connectivity index (χ3v) is 3.52. The van der Waals surface area contributed by atoms with Crippen molar-refractivity contribution in [3.63, 3.8) is 0 Å². The van der Waals surface area contributed by atoms with E-state index in [4.69, 9.17) is 10.2 Å². The summed E-state index contributed by atoms with van der Waals surface area (Å²) in [7, 11) is 2.17. The molecule has 0 aromatic carbocycles. The average molecular weight is 222 g/mol. The molecule has 1 aromatic heterocycles. The molecule has 2 rings (SSSR count). The van der Waals surface area contributed by atoms with Gasteiger partial charge in [0.15, 0.2) is 0 Å². The minimum Gasteiger partial charge on any atom is -0.468 e. The lowest BCUT2D eigenvalue weighted by molar-refractivity contribution is 0.250. The van der Waals surface area contributed by atoms with Gasteiger partial charge >= 0.3 is 0 Å². The summed E-state index contributed by atoms with van der Waals surface area (Å²) >= 11 is 0. The van der Waals surface area contributed by atoms with E-state index in [0.29, 0.717) is 6.54 Å². The standard InChI is InChI=1S/C13H22N2O/c1-15(9-11-4-2-3-5-11)10-13-12(8-14)6-7-16-13/h6-7,11H,2-5,8-10,14H2,1H3. The Hall–Kier alpha value is -0.800. The van der Waals surface area contributed by atoms with E-state index in [0.717, 1.165) is 23.8 Å². The molecule has 2 N–H and O–H groups in total. The third-order valence-electron chi connectivity index (χ3n) is 3.52. The first kappa shape index (κ1) is 11.7. The Kier molecular flexibility index (Phi) is 4.02. The van der Waals surface area contributed by atoms with Gasteiger partial charge in [0, 0.05) is 18.7 Å². The molecule has 0 saturated heterocycles. The molecular formula is C13H22N2O. The Bertz CT molecular complexity index is 315. The number of nitrogens with two attached hydrogens (primary N) is 1. The molecule has 0 unspecified atom stereocenters. The predicted octanol–water partition coefficient (Wildman–Crippen LogP) is 2.36. The zero-order chi connectivity index (χ0) is 11.4. The normalized spacial score (nSPS) is 17.4. The first-order valence-electron chi connectivity index (χ1n) is 6.23. The van der Waals surface area contributed by atoms with E-state index in [1.165, 1.54) is 32.2 Å². The number of hydrogen-bond donors (Lipinski definition) is 1. The van der Waals surface area contributed by atoms with Crippen LogP contribution in [-0.2, 0) is 13.1 Å². The molecule has 0 bridgehead atoms. The highest BCUT2D eigenvalue weighted by molar-refractivity contribution is 5.16. The topological polar surface area (TPSA) is 42.4 Å². The van der Waals surface area contributed by atoms with Crippen LogP contribution in [0.3, 0.4) is 0 Å². The van der Waals surface area contributed by atoms with Gasteiger partial charge in [-0.3, -0.25) is 4.90 Å². The minimum atomic E-state index is 0.573. The fourth-order valence-corrected chi connectivity index (χ4v) is 2.63. The molecule has 1 aromatic rings. The largest absolute Gasteiger partial charge is 0.468 e. The number of nitrogens with zero attached hydrogens (tertiary/aromatic N) is 1. The van der Waals surface area contributed by atoms with Gasteiger partial charge in [0.05, 0.1) is 12.8 Å². The van der Waals surface area contributed by atoms with E-state index in [9.17, 15) is 0 Å². The van der Waals surface area contributed by atoms with Crippen LogP contribution in [0, 0.1) is 5.92 Å². The fourth-order valence-electron chi connectivity index (χ4n) is 2.63. The highest BCUT2D eigenvalue weighted by Crippen LogP contribution is 2.25. The van der Waals surface area contributed by atoms with Crippen LogP contribution < -0.4 is 5.73 Å². The second-order valence-electron chi connectivity index (χ2n) is 4.92. The van der Waals surface area contributed by atoms with Gasteiger partial charge in [0.25, 0.3) is 0 Å². The van der Waals surface area contributed by atoms with Crippen LogP contribution in [0.2, 0.25) is 0 Å². The Balaban J connectivity index is 1.84. The summed E-state index contributed by atoms with van der Waals surface area (Å²) < 4.78 is 5.47. The van der Waals surface area contributed by atoms with Gasteiger partial charge in [-0.15, -0.1) is 0 Å². The van der Waals surface area contributed by atoms with Crippen molar-refractivity contribution < 1.29 is 4.42 Å². The predicted molar refractivity (Wildman–Crippen MR) is 64.9 cm³/mol. The lowest BCUT2D eigenvalue weighted by Crippen LogP contribution is -2.24. The van der Waals surface area contributed by atoms with Crippen molar-refractivity contribution in [2.45, 2.75) is 38.8 Å². The van der Waals surface area contributed by atoms with Gasteiger partial charge in [-0.1, -0.05) is 12.8 Å². The molecule has 1 aliphatic carbocycles. The van der Waals surface area contributed by atoms with Crippen LogP contribution in [0.5, 0.6) is 0 Å². The minimum absolute atomic E-state index is 0.573. The summed E-state index contributed by atoms with van der Waals surface area (Å²) in [6, 6.07) is 1.97. The van der Waals surface area contributed by atoms with Crippen molar-refractivity contribution in [3.8, 4) is 0 Å². The summed E-state index contributed by atoms with van der Waals surface area (Å²) in [4.78, 5) is 2.36. The maximum atomic E-state index is 5.66. The Morgan fingerprint density at radius 3 is 2.88 bits per heavy atom. The summed E-state index contributed by atoms with van der Waals surface area (Å²) in [6.07, 6.45) is 7.35. The van der Waals surface area contributed by atoms with Gasteiger partial charge in [0.1, 0.15) is 5.76 Å². The monoisotopic (exact) mass is 222 g/mol. The second kappa shape index (κ2) is 5.51. The molecule has 3 heteroatoms. The van der Waals surface area contributed by atoms with Crippen LogP contribution in [0.15, 0.2) is 16.7 Å². The molecule has 1 fully saturated rings. The number of furan rings is 1. The molecular weight excluding hydrogens is 200 g/mol. The van der Waals surface area contributed by atoms with Gasteiger partial charge in [0.2, 0.25) is 0 Å². The first-order chi connectivity index (χ1) is 7.79. The van der Waals surface area contributed by atoms with E-state index >= 15 is 0 Å². The third kappa shape index (κ3) is 2.86. The molecule has 0 aliphatic heterocycles. The second-order valence-corrected chi connectivity index (χ2v) is 4.92. The molecule has 90 valence electrons. The van der Waals surface area contributed by atoms with Crippen molar-refractivity contribution in [1.82, 2.24) is 4.90 Å². The summed E-state index contributed by atoms with van der Waals surface area (Å²) in [6.45, 7) is 2.64.